The molecule has 2 aromatic heterocycles. The summed E-state index contributed by atoms with van der Waals surface area (Å²) in [5, 5.41) is 17.7. The number of halogens is 1. The van der Waals surface area contributed by atoms with E-state index in [9.17, 15) is 14.0 Å². The van der Waals surface area contributed by atoms with Crippen LogP contribution in [-0.2, 0) is 11.2 Å². The molecule has 0 saturated heterocycles. The van der Waals surface area contributed by atoms with Crippen LogP contribution in [0.2, 0.25) is 0 Å². The van der Waals surface area contributed by atoms with Crippen molar-refractivity contribution in [1.29, 1.82) is 0 Å². The van der Waals surface area contributed by atoms with Crippen molar-refractivity contribution in [3.05, 3.63) is 76.6 Å². The maximum atomic E-state index is 14.4. The number of amides is 2. The van der Waals surface area contributed by atoms with Crippen LogP contribution in [0.4, 0.5) is 10.1 Å². The van der Waals surface area contributed by atoms with Crippen LogP contribution in [0.1, 0.15) is 58.3 Å². The number of nitrogens with two attached hydrogens (primary N) is 1. The molecule has 11 heteroatoms. The number of ether oxygens (including phenoxy) is 1. The van der Waals surface area contributed by atoms with E-state index in [1.54, 1.807) is 6.07 Å². The zero-order valence-corrected chi connectivity index (χ0v) is 22.2. The summed E-state index contributed by atoms with van der Waals surface area (Å²) in [5.74, 6) is -0.681. The van der Waals surface area contributed by atoms with Crippen molar-refractivity contribution < 1.29 is 23.3 Å². The standard InChI is InChI=1S/C29H29FN6O4/c1-15-26(16(2)34-33-15)17-3-7-20(8-4-17)32-25(37)12-22-21-11-19(30)6-10-24(21)39-14-29(22)13-18(29)5-9-23-27(28(31)38)36-40-35-23/h3-4,6-8,10-11,18,22H,5,9,12-14H2,1-2H3,(H2,31,38)(H,32,37)(H,33,34). The second kappa shape index (κ2) is 9.89. The number of primary amides is 1. The van der Waals surface area contributed by atoms with Crippen molar-refractivity contribution >= 4 is 17.5 Å². The molecule has 10 nitrogen and oxygen atoms in total. The number of hydrogen-bond acceptors (Lipinski definition) is 7. The number of carbonyl (C=O) groups excluding carboxylic acids is 2. The number of benzene rings is 2. The molecule has 1 spiro atoms. The number of aromatic nitrogens is 4. The molecule has 206 valence electrons. The summed E-state index contributed by atoms with van der Waals surface area (Å²) in [4.78, 5) is 24.9. The van der Waals surface area contributed by atoms with Gasteiger partial charge >= 0.3 is 0 Å². The molecule has 40 heavy (non-hydrogen) atoms. The third kappa shape index (κ3) is 4.61. The zero-order chi connectivity index (χ0) is 28.0. The highest BCUT2D eigenvalue weighted by Crippen LogP contribution is 2.66. The lowest BCUT2D eigenvalue weighted by Crippen LogP contribution is -2.32. The normalized spacial score (nSPS) is 21.1. The van der Waals surface area contributed by atoms with Gasteiger partial charge in [-0.25, -0.2) is 9.02 Å². The average molecular weight is 545 g/mol. The molecule has 3 unspecified atom stereocenters. The maximum Gasteiger partial charge on any atom is 0.272 e. The minimum atomic E-state index is -0.690. The summed E-state index contributed by atoms with van der Waals surface area (Å²) >= 11 is 0. The maximum absolute atomic E-state index is 14.4. The second-order valence-electron chi connectivity index (χ2n) is 10.8. The zero-order valence-electron chi connectivity index (χ0n) is 22.2. The van der Waals surface area contributed by atoms with Crippen molar-refractivity contribution in [3.63, 3.8) is 0 Å². The molecule has 1 aliphatic heterocycles. The number of fused-ring (bicyclic) bond motifs is 1. The van der Waals surface area contributed by atoms with E-state index in [4.69, 9.17) is 15.1 Å². The quantitative estimate of drug-likeness (QED) is 0.296. The Morgan fingerprint density at radius 1 is 1.18 bits per heavy atom. The first kappa shape index (κ1) is 25.7. The van der Waals surface area contributed by atoms with Crippen molar-refractivity contribution in [2.45, 2.75) is 45.4 Å². The average Bonchev–Trinajstić information content (AvgIpc) is 3.22. The van der Waals surface area contributed by atoms with Crippen molar-refractivity contribution in [2.24, 2.45) is 17.1 Å². The summed E-state index contributed by atoms with van der Waals surface area (Å²) in [6.45, 7) is 4.34. The molecule has 1 saturated carbocycles. The SMILES string of the molecule is Cc1n[nH]c(C)c1-c1ccc(NC(=O)CC2c3cc(F)ccc3OCC23CC3CCc2nonc2C(N)=O)cc1. The lowest BCUT2D eigenvalue weighted by molar-refractivity contribution is -0.117. The van der Waals surface area contributed by atoms with Gasteiger partial charge in [-0.2, -0.15) is 5.10 Å². The highest BCUT2D eigenvalue weighted by molar-refractivity contribution is 5.92. The second-order valence-corrected chi connectivity index (χ2v) is 10.8. The first-order valence-corrected chi connectivity index (χ1v) is 13.2. The minimum absolute atomic E-state index is 0.0297. The van der Waals surface area contributed by atoms with Crippen molar-refractivity contribution in [3.8, 4) is 16.9 Å². The Balaban J connectivity index is 1.19. The third-order valence-electron chi connectivity index (χ3n) is 8.31. The Kier molecular flexibility index (Phi) is 6.36. The molecule has 3 atom stereocenters. The van der Waals surface area contributed by atoms with Gasteiger partial charge in [0.25, 0.3) is 5.91 Å². The number of anilines is 1. The molecular weight excluding hydrogens is 515 g/mol. The number of aromatic amines is 1. The smallest absolute Gasteiger partial charge is 0.272 e. The largest absolute Gasteiger partial charge is 0.493 e. The topological polar surface area (TPSA) is 149 Å². The summed E-state index contributed by atoms with van der Waals surface area (Å²) in [5.41, 5.74) is 10.8. The molecule has 0 radical (unpaired) electrons. The van der Waals surface area contributed by atoms with Crippen molar-refractivity contribution in [1.82, 2.24) is 20.5 Å². The van der Waals surface area contributed by atoms with Crippen LogP contribution >= 0.6 is 0 Å². The highest BCUT2D eigenvalue weighted by atomic mass is 19.1. The summed E-state index contributed by atoms with van der Waals surface area (Å²) < 4.78 is 25.1. The van der Waals surface area contributed by atoms with Crippen LogP contribution in [0, 0.1) is 31.0 Å². The van der Waals surface area contributed by atoms with E-state index in [0.29, 0.717) is 42.1 Å². The molecule has 0 bridgehead atoms. The molecule has 2 aliphatic rings. The molecule has 2 amide bonds. The summed E-state index contributed by atoms with van der Waals surface area (Å²) in [7, 11) is 0. The van der Waals surface area contributed by atoms with Gasteiger partial charge in [0.15, 0.2) is 5.69 Å². The van der Waals surface area contributed by atoms with Crippen LogP contribution in [-0.4, -0.2) is 38.9 Å². The number of rotatable bonds is 8. The van der Waals surface area contributed by atoms with Gasteiger partial charge in [-0.3, -0.25) is 14.7 Å². The molecule has 1 aliphatic carbocycles. The monoisotopic (exact) mass is 544 g/mol. The Morgan fingerprint density at radius 3 is 2.70 bits per heavy atom. The molecule has 3 heterocycles. The number of hydrogen-bond donors (Lipinski definition) is 3. The molecule has 2 aromatic carbocycles. The van der Waals surface area contributed by atoms with E-state index in [2.05, 4.69) is 25.8 Å². The lowest BCUT2D eigenvalue weighted by Gasteiger charge is -2.35. The van der Waals surface area contributed by atoms with Crippen molar-refractivity contribution in [2.75, 3.05) is 11.9 Å². The van der Waals surface area contributed by atoms with Gasteiger partial charge in [0.05, 0.1) is 12.3 Å². The number of aryl methyl sites for hydroxylation is 3. The number of nitrogens with zero attached hydrogens (tertiary/aromatic N) is 3. The van der Waals surface area contributed by atoms with Gasteiger partial charge in [0.1, 0.15) is 17.3 Å². The van der Waals surface area contributed by atoms with E-state index in [0.717, 1.165) is 28.9 Å². The molecule has 1 fully saturated rings. The first-order chi connectivity index (χ1) is 19.2. The van der Waals surface area contributed by atoms with Crippen LogP contribution in [0.25, 0.3) is 11.1 Å². The van der Waals surface area contributed by atoms with E-state index >= 15 is 0 Å². The van der Waals surface area contributed by atoms with Crippen LogP contribution in [0.15, 0.2) is 47.1 Å². The van der Waals surface area contributed by atoms with E-state index < -0.39 is 5.91 Å². The highest BCUT2D eigenvalue weighted by Gasteiger charge is 2.61. The molecular formula is C29H29FN6O4. The first-order valence-electron chi connectivity index (χ1n) is 13.2. The Labute approximate surface area is 229 Å². The molecule has 4 N–H and O–H groups in total. The predicted octanol–water partition coefficient (Wildman–Crippen LogP) is 4.46. The summed E-state index contributed by atoms with van der Waals surface area (Å²) in [6.07, 6.45) is 2.10. The van der Waals surface area contributed by atoms with E-state index in [1.165, 1.54) is 12.1 Å². The number of H-pyrrole nitrogens is 1. The van der Waals surface area contributed by atoms with E-state index in [-0.39, 0.29) is 41.1 Å². The van der Waals surface area contributed by atoms with Gasteiger partial charge in [0.2, 0.25) is 5.91 Å². The molecule has 4 aromatic rings. The van der Waals surface area contributed by atoms with Crippen LogP contribution in [0.5, 0.6) is 5.75 Å². The summed E-state index contributed by atoms with van der Waals surface area (Å²) in [6, 6.07) is 12.1. The van der Waals surface area contributed by atoms with Gasteiger partial charge < -0.3 is 15.8 Å². The fourth-order valence-corrected chi connectivity index (χ4v) is 6.21. The van der Waals surface area contributed by atoms with E-state index in [1.807, 2.05) is 38.1 Å². The number of nitrogens with one attached hydrogen (secondary N) is 2. The fourth-order valence-electron chi connectivity index (χ4n) is 6.21. The molecule has 6 rings (SSSR count). The fraction of sp³-hybridized carbons (Fsp3) is 0.345. The van der Waals surface area contributed by atoms with Gasteiger partial charge in [-0.15, -0.1) is 0 Å². The Bertz CT molecular complexity index is 1580. The number of carbonyl (C=O) groups is 2. The Hall–Kier alpha value is -4.54. The predicted molar refractivity (Wildman–Crippen MR) is 143 cm³/mol. The van der Waals surface area contributed by atoms with Crippen LogP contribution in [0.3, 0.4) is 0 Å². The van der Waals surface area contributed by atoms with Gasteiger partial charge in [0, 0.05) is 40.3 Å². The van der Waals surface area contributed by atoms with Gasteiger partial charge in [-0.1, -0.05) is 17.3 Å². The Morgan fingerprint density at radius 2 is 1.98 bits per heavy atom. The van der Waals surface area contributed by atoms with Crippen LogP contribution < -0.4 is 15.8 Å². The lowest BCUT2D eigenvalue weighted by atomic mass is 9.76. The minimum Gasteiger partial charge on any atom is -0.493 e. The van der Waals surface area contributed by atoms with Gasteiger partial charge in [-0.05, 0) is 80.1 Å². The third-order valence-corrected chi connectivity index (χ3v) is 8.31.